The molecule has 0 spiro atoms. The Balaban J connectivity index is 1.77. The van der Waals surface area contributed by atoms with Crippen LogP contribution in [0.5, 0.6) is 0 Å². The fraction of sp³-hybridized carbons (Fsp3) is 0.250. The topological polar surface area (TPSA) is 66.8 Å². The van der Waals surface area contributed by atoms with Gasteiger partial charge in [-0.15, -0.1) is 0 Å². The lowest BCUT2D eigenvalue weighted by atomic mass is 10.3. The number of benzene rings is 1. The number of nitrogens with zero attached hydrogens (tertiary/aromatic N) is 5. The number of nitrogens with one attached hydrogen (secondary N) is 1. The van der Waals surface area contributed by atoms with E-state index in [9.17, 15) is 0 Å². The van der Waals surface area contributed by atoms with E-state index in [2.05, 4.69) is 30.2 Å². The highest BCUT2D eigenvalue weighted by Gasteiger charge is 2.18. The predicted molar refractivity (Wildman–Crippen MR) is 91.3 cm³/mol. The molecule has 1 aliphatic rings. The van der Waals surface area contributed by atoms with Crippen molar-refractivity contribution in [3.63, 3.8) is 0 Å². The minimum atomic E-state index is 0.598. The van der Waals surface area contributed by atoms with E-state index in [4.69, 9.17) is 11.6 Å². The third-order valence-electron chi connectivity index (χ3n) is 3.82. The van der Waals surface area contributed by atoms with Crippen molar-refractivity contribution in [1.82, 2.24) is 19.9 Å². The van der Waals surface area contributed by atoms with E-state index in [1.807, 2.05) is 24.3 Å². The zero-order valence-electron chi connectivity index (χ0n) is 12.4. The zero-order chi connectivity index (χ0) is 15.6. The maximum atomic E-state index is 5.94. The van der Waals surface area contributed by atoms with Gasteiger partial charge < -0.3 is 10.2 Å². The maximum Gasteiger partial charge on any atom is 0.229 e. The molecule has 0 saturated carbocycles. The van der Waals surface area contributed by atoms with Gasteiger partial charge in [0, 0.05) is 36.2 Å². The first-order chi connectivity index (χ1) is 11.3. The molecule has 23 heavy (non-hydrogen) atoms. The van der Waals surface area contributed by atoms with E-state index < -0.39 is 0 Å². The van der Waals surface area contributed by atoms with Gasteiger partial charge in [0.05, 0.1) is 0 Å². The van der Waals surface area contributed by atoms with Crippen LogP contribution in [0.15, 0.2) is 36.7 Å². The number of aromatic nitrogens is 4. The number of anilines is 3. The first kappa shape index (κ1) is 14.1. The van der Waals surface area contributed by atoms with Crippen LogP contribution in [0.25, 0.3) is 11.2 Å². The summed E-state index contributed by atoms with van der Waals surface area (Å²) in [5, 5.41) is 3.99. The van der Waals surface area contributed by atoms with Crippen LogP contribution >= 0.6 is 11.6 Å². The van der Waals surface area contributed by atoms with Gasteiger partial charge in [-0.3, -0.25) is 0 Å². The minimum Gasteiger partial charge on any atom is -0.341 e. The van der Waals surface area contributed by atoms with Gasteiger partial charge in [0.25, 0.3) is 0 Å². The third kappa shape index (κ3) is 2.90. The van der Waals surface area contributed by atoms with Crippen LogP contribution in [-0.4, -0.2) is 33.0 Å². The Kier molecular flexibility index (Phi) is 3.67. The molecule has 3 aromatic rings. The highest BCUT2D eigenvalue weighted by atomic mass is 35.5. The van der Waals surface area contributed by atoms with Crippen molar-refractivity contribution < 1.29 is 0 Å². The summed E-state index contributed by atoms with van der Waals surface area (Å²) < 4.78 is 0. The van der Waals surface area contributed by atoms with E-state index in [1.165, 1.54) is 12.8 Å². The molecular weight excluding hydrogens is 312 g/mol. The van der Waals surface area contributed by atoms with Crippen molar-refractivity contribution in [2.45, 2.75) is 12.8 Å². The molecule has 1 aromatic carbocycles. The average Bonchev–Trinajstić information content (AvgIpc) is 3.11. The number of halogens is 1. The summed E-state index contributed by atoms with van der Waals surface area (Å²) in [5.41, 5.74) is 2.15. The van der Waals surface area contributed by atoms with Crippen molar-refractivity contribution >= 4 is 40.2 Å². The van der Waals surface area contributed by atoms with Gasteiger partial charge in [0.1, 0.15) is 0 Å². The van der Waals surface area contributed by atoms with Crippen LogP contribution in [0, 0.1) is 0 Å². The van der Waals surface area contributed by atoms with Gasteiger partial charge in [-0.25, -0.2) is 9.97 Å². The Morgan fingerprint density at radius 1 is 0.957 bits per heavy atom. The van der Waals surface area contributed by atoms with E-state index in [0.29, 0.717) is 28.0 Å². The van der Waals surface area contributed by atoms with Gasteiger partial charge in [0.15, 0.2) is 17.0 Å². The molecule has 4 rings (SSSR count). The highest BCUT2D eigenvalue weighted by Crippen LogP contribution is 2.25. The van der Waals surface area contributed by atoms with Gasteiger partial charge in [-0.05, 0) is 37.1 Å². The molecule has 6 nitrogen and oxygen atoms in total. The molecule has 116 valence electrons. The predicted octanol–water partition coefficient (Wildman–Crippen LogP) is 3.42. The molecule has 0 radical (unpaired) electrons. The van der Waals surface area contributed by atoms with Crippen molar-refractivity contribution in [1.29, 1.82) is 0 Å². The monoisotopic (exact) mass is 326 g/mol. The smallest absolute Gasteiger partial charge is 0.229 e. The summed E-state index contributed by atoms with van der Waals surface area (Å²) in [6, 6.07) is 7.48. The summed E-state index contributed by atoms with van der Waals surface area (Å²) in [6.45, 7) is 1.96. The Hall–Kier alpha value is -2.47. The van der Waals surface area contributed by atoms with Crippen molar-refractivity contribution in [2.24, 2.45) is 0 Å². The summed E-state index contributed by atoms with van der Waals surface area (Å²) in [5.74, 6) is 1.36. The first-order valence-corrected chi connectivity index (χ1v) is 7.94. The van der Waals surface area contributed by atoms with Crippen molar-refractivity contribution in [3.8, 4) is 0 Å². The van der Waals surface area contributed by atoms with Gasteiger partial charge in [-0.2, -0.15) is 9.97 Å². The van der Waals surface area contributed by atoms with Crippen LogP contribution in [0.1, 0.15) is 12.8 Å². The lowest BCUT2D eigenvalue weighted by Gasteiger charge is -2.17. The Morgan fingerprint density at radius 3 is 2.48 bits per heavy atom. The molecule has 0 atom stereocenters. The van der Waals surface area contributed by atoms with E-state index in [-0.39, 0.29) is 0 Å². The molecule has 1 fully saturated rings. The van der Waals surface area contributed by atoms with Crippen LogP contribution in [0.4, 0.5) is 17.5 Å². The lowest BCUT2D eigenvalue weighted by molar-refractivity contribution is 0.904. The van der Waals surface area contributed by atoms with E-state index in [0.717, 1.165) is 18.8 Å². The largest absolute Gasteiger partial charge is 0.341 e. The zero-order valence-corrected chi connectivity index (χ0v) is 13.2. The molecule has 1 N–H and O–H groups in total. The van der Waals surface area contributed by atoms with Crippen LogP contribution in [0.3, 0.4) is 0 Å². The van der Waals surface area contributed by atoms with Crippen LogP contribution < -0.4 is 10.2 Å². The quantitative estimate of drug-likeness (QED) is 0.795. The highest BCUT2D eigenvalue weighted by molar-refractivity contribution is 6.30. The first-order valence-electron chi connectivity index (χ1n) is 7.56. The number of rotatable bonds is 3. The summed E-state index contributed by atoms with van der Waals surface area (Å²) >= 11 is 5.94. The van der Waals surface area contributed by atoms with E-state index in [1.54, 1.807) is 12.4 Å². The number of fused-ring (bicyclic) bond motifs is 1. The fourth-order valence-electron chi connectivity index (χ4n) is 2.67. The van der Waals surface area contributed by atoms with Crippen LogP contribution in [-0.2, 0) is 0 Å². The molecule has 0 aliphatic carbocycles. The maximum absolute atomic E-state index is 5.94. The molecule has 3 heterocycles. The standard InChI is InChI=1S/C16H15ClN6/c17-11-3-5-12(6-4-11)20-15-13-14(19-8-7-18-13)21-16(22-15)23-9-1-2-10-23/h3-8H,1-2,9-10H2,(H,19,20,21,22). The van der Waals surface area contributed by atoms with Gasteiger partial charge >= 0.3 is 0 Å². The minimum absolute atomic E-state index is 0.598. The number of hydrogen-bond acceptors (Lipinski definition) is 6. The Labute approximate surface area is 138 Å². The molecule has 0 bridgehead atoms. The van der Waals surface area contributed by atoms with E-state index >= 15 is 0 Å². The van der Waals surface area contributed by atoms with Crippen molar-refractivity contribution in [3.05, 3.63) is 41.7 Å². The Bertz CT molecular complexity index is 830. The molecule has 1 aliphatic heterocycles. The molecule has 7 heteroatoms. The van der Waals surface area contributed by atoms with Gasteiger partial charge in [-0.1, -0.05) is 11.6 Å². The molecule has 1 saturated heterocycles. The fourth-order valence-corrected chi connectivity index (χ4v) is 2.79. The summed E-state index contributed by atoms with van der Waals surface area (Å²) in [7, 11) is 0. The van der Waals surface area contributed by atoms with Gasteiger partial charge in [0.2, 0.25) is 5.95 Å². The second kappa shape index (κ2) is 5.96. The SMILES string of the molecule is Clc1ccc(Nc2nc(N3CCCC3)nc3nccnc23)cc1. The normalized spacial score (nSPS) is 14.4. The molecular formula is C16H15ClN6. The number of hydrogen-bond donors (Lipinski definition) is 1. The molecule has 0 amide bonds. The average molecular weight is 327 g/mol. The third-order valence-corrected chi connectivity index (χ3v) is 4.07. The Morgan fingerprint density at radius 2 is 1.70 bits per heavy atom. The van der Waals surface area contributed by atoms with Crippen LogP contribution in [0.2, 0.25) is 5.02 Å². The molecule has 2 aromatic heterocycles. The molecule has 0 unspecified atom stereocenters. The lowest BCUT2D eigenvalue weighted by Crippen LogP contribution is -2.21. The van der Waals surface area contributed by atoms with Crippen molar-refractivity contribution in [2.75, 3.05) is 23.3 Å². The second-order valence-corrected chi connectivity index (χ2v) is 5.86. The summed E-state index contributed by atoms with van der Waals surface area (Å²) in [4.78, 5) is 20.1. The summed E-state index contributed by atoms with van der Waals surface area (Å²) in [6.07, 6.45) is 5.63. The second-order valence-electron chi connectivity index (χ2n) is 5.43.